The number of rotatable bonds is 5. The van der Waals surface area contributed by atoms with Gasteiger partial charge in [0.15, 0.2) is 0 Å². The van der Waals surface area contributed by atoms with E-state index < -0.39 is 0 Å². The Labute approximate surface area is 95.8 Å². The van der Waals surface area contributed by atoms with E-state index in [0.29, 0.717) is 13.2 Å². The highest BCUT2D eigenvalue weighted by atomic mass is 16.5. The van der Waals surface area contributed by atoms with Gasteiger partial charge >= 0.3 is 0 Å². The van der Waals surface area contributed by atoms with Crippen LogP contribution in [0.15, 0.2) is 24.3 Å². The Kier molecular flexibility index (Phi) is 3.57. The zero-order chi connectivity index (χ0) is 11.4. The Bertz CT molecular complexity index is 372. The third-order valence-electron chi connectivity index (χ3n) is 2.82. The second-order valence-corrected chi connectivity index (χ2v) is 4.19. The largest absolute Gasteiger partial charge is 0.380 e. The molecule has 3 nitrogen and oxygen atoms in total. The Morgan fingerprint density at radius 3 is 2.69 bits per heavy atom. The summed E-state index contributed by atoms with van der Waals surface area (Å²) in [6.45, 7) is 1.20. The van der Waals surface area contributed by atoms with Crippen molar-refractivity contribution in [2.75, 3.05) is 7.11 Å². The minimum atomic E-state index is 0.187. The Morgan fingerprint density at radius 2 is 2.06 bits per heavy atom. The number of hydrogen-bond acceptors (Lipinski definition) is 2. The number of carbonyl (C=O) groups is 1. The number of methoxy groups -OCH3 is 1. The van der Waals surface area contributed by atoms with Gasteiger partial charge in [-0.15, -0.1) is 0 Å². The van der Waals surface area contributed by atoms with Crippen molar-refractivity contribution in [3.05, 3.63) is 35.4 Å². The van der Waals surface area contributed by atoms with Gasteiger partial charge in [0.2, 0.25) is 5.91 Å². The molecule has 86 valence electrons. The SMILES string of the molecule is COCc1ccccc1CNC(=O)C1CC1. The molecule has 1 N–H and O–H groups in total. The number of hydrogen-bond donors (Lipinski definition) is 1. The summed E-state index contributed by atoms with van der Waals surface area (Å²) in [7, 11) is 1.68. The Morgan fingerprint density at radius 1 is 1.38 bits per heavy atom. The first-order chi connectivity index (χ1) is 7.81. The molecule has 0 atom stereocenters. The van der Waals surface area contributed by atoms with Crippen molar-refractivity contribution < 1.29 is 9.53 Å². The van der Waals surface area contributed by atoms with Crippen LogP contribution < -0.4 is 5.32 Å². The summed E-state index contributed by atoms with van der Waals surface area (Å²) in [6.07, 6.45) is 2.09. The predicted molar refractivity (Wildman–Crippen MR) is 61.7 cm³/mol. The highest BCUT2D eigenvalue weighted by molar-refractivity contribution is 5.80. The van der Waals surface area contributed by atoms with E-state index in [2.05, 4.69) is 5.32 Å². The molecule has 1 saturated carbocycles. The maximum absolute atomic E-state index is 11.5. The van der Waals surface area contributed by atoms with Crippen LogP contribution in [-0.2, 0) is 22.7 Å². The van der Waals surface area contributed by atoms with E-state index in [1.54, 1.807) is 7.11 Å². The molecule has 0 unspecified atom stereocenters. The number of amides is 1. The number of ether oxygens (including phenoxy) is 1. The quantitative estimate of drug-likeness (QED) is 0.821. The van der Waals surface area contributed by atoms with Gasteiger partial charge in [0.25, 0.3) is 0 Å². The fourth-order valence-corrected chi connectivity index (χ4v) is 1.70. The van der Waals surface area contributed by atoms with E-state index >= 15 is 0 Å². The lowest BCUT2D eigenvalue weighted by molar-refractivity contribution is -0.122. The van der Waals surface area contributed by atoms with Crippen LogP contribution in [-0.4, -0.2) is 13.0 Å². The normalized spacial score (nSPS) is 14.8. The second-order valence-electron chi connectivity index (χ2n) is 4.19. The maximum atomic E-state index is 11.5. The molecule has 1 fully saturated rings. The highest BCUT2D eigenvalue weighted by Gasteiger charge is 2.29. The zero-order valence-electron chi connectivity index (χ0n) is 9.53. The smallest absolute Gasteiger partial charge is 0.223 e. The summed E-state index contributed by atoms with van der Waals surface area (Å²) in [5.74, 6) is 0.460. The molecular weight excluding hydrogens is 202 g/mol. The van der Waals surface area contributed by atoms with Crippen LogP contribution in [0.4, 0.5) is 0 Å². The van der Waals surface area contributed by atoms with E-state index in [-0.39, 0.29) is 11.8 Å². The number of carbonyl (C=O) groups excluding carboxylic acids is 1. The third-order valence-corrected chi connectivity index (χ3v) is 2.82. The molecule has 1 aliphatic carbocycles. The molecule has 0 radical (unpaired) electrons. The molecular formula is C13H17NO2. The molecule has 2 rings (SSSR count). The van der Waals surface area contributed by atoms with Crippen molar-refractivity contribution in [3.8, 4) is 0 Å². The summed E-state index contributed by atoms with van der Waals surface area (Å²) in [5, 5.41) is 2.97. The average molecular weight is 219 g/mol. The van der Waals surface area contributed by atoms with Crippen LogP contribution in [0.5, 0.6) is 0 Å². The number of nitrogens with one attached hydrogen (secondary N) is 1. The van der Waals surface area contributed by atoms with Crippen molar-refractivity contribution >= 4 is 5.91 Å². The molecule has 0 spiro atoms. The van der Waals surface area contributed by atoms with Crippen LogP contribution in [0, 0.1) is 5.92 Å². The van der Waals surface area contributed by atoms with E-state index in [9.17, 15) is 4.79 Å². The minimum Gasteiger partial charge on any atom is -0.380 e. The van der Waals surface area contributed by atoms with Crippen molar-refractivity contribution in [2.45, 2.75) is 26.0 Å². The first kappa shape index (κ1) is 11.1. The molecule has 16 heavy (non-hydrogen) atoms. The third kappa shape index (κ3) is 2.83. The van der Waals surface area contributed by atoms with Crippen molar-refractivity contribution in [2.24, 2.45) is 5.92 Å². The summed E-state index contributed by atoms with van der Waals surface area (Å²) in [5.41, 5.74) is 2.28. The second kappa shape index (κ2) is 5.12. The summed E-state index contributed by atoms with van der Waals surface area (Å²) in [4.78, 5) is 11.5. The van der Waals surface area contributed by atoms with Crippen LogP contribution in [0.25, 0.3) is 0 Å². The van der Waals surface area contributed by atoms with Gasteiger partial charge in [-0.2, -0.15) is 0 Å². The van der Waals surface area contributed by atoms with Crippen LogP contribution in [0.2, 0.25) is 0 Å². The lowest BCUT2D eigenvalue weighted by atomic mass is 10.1. The molecule has 0 saturated heterocycles. The summed E-state index contributed by atoms with van der Waals surface area (Å²) in [6, 6.07) is 8.03. The molecule has 1 amide bonds. The maximum Gasteiger partial charge on any atom is 0.223 e. The highest BCUT2D eigenvalue weighted by Crippen LogP contribution is 2.28. The zero-order valence-corrected chi connectivity index (χ0v) is 9.53. The van der Waals surface area contributed by atoms with Crippen LogP contribution in [0.3, 0.4) is 0 Å². The topological polar surface area (TPSA) is 38.3 Å². The fraction of sp³-hybridized carbons (Fsp3) is 0.462. The average Bonchev–Trinajstić information content (AvgIpc) is 3.12. The predicted octanol–water partition coefficient (Wildman–Crippen LogP) is 1.86. The van der Waals surface area contributed by atoms with Crippen molar-refractivity contribution in [3.63, 3.8) is 0 Å². The van der Waals surface area contributed by atoms with E-state index in [4.69, 9.17) is 4.74 Å². The first-order valence-electron chi connectivity index (χ1n) is 5.64. The van der Waals surface area contributed by atoms with E-state index in [0.717, 1.165) is 24.0 Å². The fourth-order valence-electron chi connectivity index (χ4n) is 1.70. The van der Waals surface area contributed by atoms with Gasteiger partial charge in [-0.1, -0.05) is 24.3 Å². The molecule has 1 aliphatic rings. The molecule has 0 bridgehead atoms. The van der Waals surface area contributed by atoms with Crippen molar-refractivity contribution in [1.29, 1.82) is 0 Å². The summed E-state index contributed by atoms with van der Waals surface area (Å²) >= 11 is 0. The summed E-state index contributed by atoms with van der Waals surface area (Å²) < 4.78 is 5.12. The lowest BCUT2D eigenvalue weighted by Crippen LogP contribution is -2.24. The van der Waals surface area contributed by atoms with Crippen LogP contribution >= 0.6 is 0 Å². The Balaban J connectivity index is 1.94. The lowest BCUT2D eigenvalue weighted by Gasteiger charge is -2.09. The molecule has 3 heteroatoms. The van der Waals surface area contributed by atoms with E-state index in [1.165, 1.54) is 0 Å². The molecule has 1 aromatic carbocycles. The van der Waals surface area contributed by atoms with E-state index in [1.807, 2.05) is 24.3 Å². The van der Waals surface area contributed by atoms with Gasteiger partial charge in [-0.3, -0.25) is 4.79 Å². The monoisotopic (exact) mass is 219 g/mol. The van der Waals surface area contributed by atoms with Crippen LogP contribution in [0.1, 0.15) is 24.0 Å². The Hall–Kier alpha value is -1.35. The molecule has 1 aromatic rings. The first-order valence-corrected chi connectivity index (χ1v) is 5.64. The van der Waals surface area contributed by atoms with Gasteiger partial charge in [-0.25, -0.2) is 0 Å². The van der Waals surface area contributed by atoms with Gasteiger partial charge in [-0.05, 0) is 24.0 Å². The van der Waals surface area contributed by atoms with Gasteiger partial charge < -0.3 is 10.1 Å². The van der Waals surface area contributed by atoms with Gasteiger partial charge in [0.1, 0.15) is 0 Å². The minimum absolute atomic E-state index is 0.187. The van der Waals surface area contributed by atoms with Gasteiger partial charge in [0.05, 0.1) is 6.61 Å². The molecule has 0 heterocycles. The van der Waals surface area contributed by atoms with Crippen molar-refractivity contribution in [1.82, 2.24) is 5.32 Å². The molecule has 0 aliphatic heterocycles. The van der Waals surface area contributed by atoms with Gasteiger partial charge in [0, 0.05) is 19.6 Å². The standard InChI is InChI=1S/C13H17NO2/c1-16-9-12-5-3-2-4-11(12)8-14-13(15)10-6-7-10/h2-5,10H,6-9H2,1H3,(H,14,15). The number of benzene rings is 1. The molecule has 0 aromatic heterocycles.